The molecule has 1 aliphatic heterocycles. The van der Waals surface area contributed by atoms with Crippen molar-refractivity contribution in [2.75, 3.05) is 12.4 Å². The van der Waals surface area contributed by atoms with Crippen LogP contribution in [0.2, 0.25) is 5.02 Å². The molecular weight excluding hydrogens is 411 g/mol. The maximum atomic E-state index is 13.6. The molecule has 0 saturated heterocycles. The normalized spacial score (nSPS) is 13.4. The summed E-state index contributed by atoms with van der Waals surface area (Å²) >= 11 is 6.34. The number of rotatable bonds is 4. The van der Waals surface area contributed by atoms with Gasteiger partial charge in [-0.25, -0.2) is 14.9 Å². The molecule has 0 saturated carbocycles. The Balaban J connectivity index is 1.55. The molecule has 1 aromatic carbocycles. The average Bonchev–Trinajstić information content (AvgIpc) is 3.17. The first-order valence-electron chi connectivity index (χ1n) is 8.80. The van der Waals surface area contributed by atoms with Crippen molar-refractivity contribution in [1.29, 1.82) is 0 Å². The summed E-state index contributed by atoms with van der Waals surface area (Å²) in [4.78, 5) is 24.6. The fourth-order valence-corrected chi connectivity index (χ4v) is 2.99. The van der Waals surface area contributed by atoms with Gasteiger partial charge in [0.15, 0.2) is 11.7 Å². The number of carbonyl (C=O) groups excluding carboxylic acids is 1. The van der Waals surface area contributed by atoms with Crippen LogP contribution in [0.3, 0.4) is 0 Å². The molecule has 2 aromatic heterocycles. The number of nitrogens with one attached hydrogen (secondary N) is 3. The van der Waals surface area contributed by atoms with E-state index in [1.54, 1.807) is 18.2 Å². The molecule has 1 amide bonds. The van der Waals surface area contributed by atoms with Gasteiger partial charge in [0.2, 0.25) is 0 Å². The van der Waals surface area contributed by atoms with Crippen molar-refractivity contribution >= 4 is 29.2 Å². The SMILES string of the molecule is Cc1c(F)cncc1C(=O)Nc1cnc(-c2cc(C3=NNN(C)N3)ccc2Cl)cn1. The molecule has 0 unspecified atom stereocenters. The number of hydrogen-bond acceptors (Lipinski definition) is 8. The van der Waals surface area contributed by atoms with Gasteiger partial charge in [0.25, 0.3) is 5.91 Å². The number of amides is 1. The van der Waals surface area contributed by atoms with E-state index in [2.05, 4.69) is 36.3 Å². The smallest absolute Gasteiger partial charge is 0.258 e. The number of aromatic nitrogens is 3. The zero-order valence-corrected chi connectivity index (χ0v) is 16.7. The minimum absolute atomic E-state index is 0.125. The van der Waals surface area contributed by atoms with Crippen molar-refractivity contribution in [3.63, 3.8) is 0 Å². The van der Waals surface area contributed by atoms with Crippen molar-refractivity contribution in [1.82, 2.24) is 31.0 Å². The minimum atomic E-state index is -0.554. The molecule has 3 N–H and O–H groups in total. The second kappa shape index (κ2) is 8.01. The molecule has 9 nitrogen and oxygen atoms in total. The lowest BCUT2D eigenvalue weighted by molar-refractivity contribution is 0.102. The van der Waals surface area contributed by atoms with Gasteiger partial charge in [-0.2, -0.15) is 0 Å². The quantitative estimate of drug-likeness (QED) is 0.588. The Morgan fingerprint density at radius 2 is 2.03 bits per heavy atom. The Morgan fingerprint density at radius 1 is 1.20 bits per heavy atom. The van der Waals surface area contributed by atoms with E-state index in [-0.39, 0.29) is 16.9 Å². The van der Waals surface area contributed by atoms with Crippen molar-refractivity contribution in [3.05, 3.63) is 70.5 Å². The third-order valence-corrected chi connectivity index (χ3v) is 4.72. The molecule has 30 heavy (non-hydrogen) atoms. The van der Waals surface area contributed by atoms with E-state index in [0.29, 0.717) is 22.1 Å². The number of hydrazone groups is 1. The standard InChI is InChI=1S/C19H16ClFN8O/c1-10-13(6-22-7-15(10)21)19(30)25-17-9-23-16(8-24-17)12-5-11(3-4-14(12)20)18-26-28-29(2)27-18/h3-9,28H,1-2H3,(H,26,27)(H,24,25,30). The van der Waals surface area contributed by atoms with Gasteiger partial charge in [-0.05, 0) is 25.1 Å². The lowest BCUT2D eigenvalue weighted by Crippen LogP contribution is -2.37. The average molecular weight is 427 g/mol. The Labute approximate surface area is 176 Å². The third kappa shape index (κ3) is 3.91. The fraction of sp³-hybridized carbons (Fsp3) is 0.105. The van der Waals surface area contributed by atoms with Crippen molar-refractivity contribution < 1.29 is 9.18 Å². The first-order chi connectivity index (χ1) is 14.4. The summed E-state index contributed by atoms with van der Waals surface area (Å²) in [7, 11) is 1.78. The number of hydrazine groups is 2. The van der Waals surface area contributed by atoms with Crippen LogP contribution in [0.1, 0.15) is 21.5 Å². The number of benzene rings is 1. The largest absolute Gasteiger partial charge is 0.305 e. The van der Waals surface area contributed by atoms with Gasteiger partial charge >= 0.3 is 0 Å². The number of amidine groups is 1. The monoisotopic (exact) mass is 426 g/mol. The van der Waals surface area contributed by atoms with Crippen LogP contribution in [0, 0.1) is 12.7 Å². The molecule has 0 aliphatic carbocycles. The lowest BCUT2D eigenvalue weighted by Gasteiger charge is -2.10. The summed E-state index contributed by atoms with van der Waals surface area (Å²) in [5.74, 6) is -0.233. The molecule has 1 aliphatic rings. The third-order valence-electron chi connectivity index (χ3n) is 4.39. The van der Waals surface area contributed by atoms with Crippen molar-refractivity contribution in [2.24, 2.45) is 5.10 Å². The number of nitrogens with zero attached hydrogens (tertiary/aromatic N) is 5. The Morgan fingerprint density at radius 3 is 2.73 bits per heavy atom. The summed E-state index contributed by atoms with van der Waals surface area (Å²) in [6.45, 7) is 1.51. The number of halogens is 2. The summed E-state index contributed by atoms with van der Waals surface area (Å²) in [6, 6.07) is 5.40. The highest BCUT2D eigenvalue weighted by Gasteiger charge is 2.16. The highest BCUT2D eigenvalue weighted by atomic mass is 35.5. The molecule has 11 heteroatoms. The summed E-state index contributed by atoms with van der Waals surface area (Å²) in [6.07, 6.45) is 5.25. The van der Waals surface area contributed by atoms with Gasteiger partial charge in [-0.1, -0.05) is 11.6 Å². The highest BCUT2D eigenvalue weighted by molar-refractivity contribution is 6.33. The van der Waals surface area contributed by atoms with Gasteiger partial charge in [-0.15, -0.1) is 10.2 Å². The molecule has 0 atom stereocenters. The van der Waals surface area contributed by atoms with Gasteiger partial charge in [0.05, 0.1) is 34.9 Å². The Hall–Kier alpha value is -3.63. The molecule has 0 spiro atoms. The molecule has 0 fully saturated rings. The van der Waals surface area contributed by atoms with Crippen LogP contribution >= 0.6 is 11.6 Å². The molecule has 152 valence electrons. The zero-order valence-electron chi connectivity index (χ0n) is 15.9. The van der Waals surface area contributed by atoms with Crippen LogP contribution in [-0.4, -0.2) is 38.9 Å². The number of carbonyl (C=O) groups is 1. The first kappa shape index (κ1) is 19.7. The highest BCUT2D eigenvalue weighted by Crippen LogP contribution is 2.28. The van der Waals surface area contributed by atoms with Gasteiger partial charge in [0, 0.05) is 29.9 Å². The summed E-state index contributed by atoms with van der Waals surface area (Å²) in [5, 5.41) is 8.85. The van der Waals surface area contributed by atoms with Gasteiger partial charge < -0.3 is 5.32 Å². The van der Waals surface area contributed by atoms with Crippen molar-refractivity contribution in [2.45, 2.75) is 6.92 Å². The van der Waals surface area contributed by atoms with Crippen LogP contribution < -0.4 is 16.3 Å². The van der Waals surface area contributed by atoms with E-state index in [0.717, 1.165) is 11.8 Å². The minimum Gasteiger partial charge on any atom is -0.305 e. The maximum absolute atomic E-state index is 13.6. The molecule has 3 heterocycles. The van der Waals surface area contributed by atoms with E-state index in [4.69, 9.17) is 11.6 Å². The molecule has 3 aromatic rings. The van der Waals surface area contributed by atoms with Crippen LogP contribution in [0.15, 0.2) is 48.1 Å². The summed E-state index contributed by atoms with van der Waals surface area (Å²) in [5.41, 5.74) is 8.12. The van der Waals surface area contributed by atoms with E-state index >= 15 is 0 Å². The maximum Gasteiger partial charge on any atom is 0.258 e. The first-order valence-corrected chi connectivity index (χ1v) is 9.17. The second-order valence-corrected chi connectivity index (χ2v) is 6.87. The molecular formula is C19H16ClFN8O. The van der Waals surface area contributed by atoms with E-state index < -0.39 is 11.7 Å². The molecule has 0 bridgehead atoms. The lowest BCUT2D eigenvalue weighted by atomic mass is 10.1. The van der Waals surface area contributed by atoms with Crippen LogP contribution in [0.5, 0.6) is 0 Å². The van der Waals surface area contributed by atoms with E-state index in [1.807, 2.05) is 12.1 Å². The topological polar surface area (TPSA) is 107 Å². The molecule has 4 rings (SSSR count). The molecule has 0 radical (unpaired) electrons. The number of anilines is 1. The van der Waals surface area contributed by atoms with Gasteiger partial charge in [0.1, 0.15) is 5.82 Å². The van der Waals surface area contributed by atoms with Crippen LogP contribution in [-0.2, 0) is 0 Å². The van der Waals surface area contributed by atoms with E-state index in [9.17, 15) is 9.18 Å². The van der Waals surface area contributed by atoms with Crippen molar-refractivity contribution in [3.8, 4) is 11.3 Å². The van der Waals surface area contributed by atoms with Crippen LogP contribution in [0.4, 0.5) is 10.2 Å². The van der Waals surface area contributed by atoms with Gasteiger partial charge in [-0.3, -0.25) is 20.2 Å². The number of hydrogen-bond donors (Lipinski definition) is 3. The predicted molar refractivity (Wildman–Crippen MR) is 110 cm³/mol. The Kier molecular flexibility index (Phi) is 5.25. The summed E-state index contributed by atoms with van der Waals surface area (Å²) < 4.78 is 13.6. The van der Waals surface area contributed by atoms with E-state index in [1.165, 1.54) is 25.5 Å². The van der Waals surface area contributed by atoms with Crippen LogP contribution in [0.25, 0.3) is 11.3 Å². The predicted octanol–water partition coefficient (Wildman–Crippen LogP) is 2.51. The second-order valence-electron chi connectivity index (χ2n) is 6.46. The zero-order chi connectivity index (χ0) is 21.3. The fourth-order valence-electron chi connectivity index (χ4n) is 2.78. The Bertz CT molecular complexity index is 1150. The number of pyridine rings is 1.